The first-order valence-electron chi connectivity index (χ1n) is 23.4. The highest BCUT2D eigenvalue weighted by Gasteiger charge is 2.52. The van der Waals surface area contributed by atoms with E-state index in [-0.39, 0.29) is 35.0 Å². The highest BCUT2D eigenvalue weighted by Crippen LogP contribution is 2.40. The van der Waals surface area contributed by atoms with Gasteiger partial charge in [-0.1, -0.05) is 200 Å². The Morgan fingerprint density at radius 2 is 1.18 bits per heavy atom. The Kier molecular flexibility index (Phi) is 17.6. The predicted octanol–water partition coefficient (Wildman–Crippen LogP) is 11.3. The Bertz CT molecular complexity index is 2290. The van der Waals surface area contributed by atoms with E-state index < -0.39 is 36.8 Å². The molecule has 7 nitrogen and oxygen atoms in total. The van der Waals surface area contributed by atoms with Crippen LogP contribution in [-0.4, -0.2) is 63.1 Å². The molecule has 0 aliphatic rings. The Morgan fingerprint density at radius 1 is 0.727 bits per heavy atom. The fourth-order valence-corrected chi connectivity index (χ4v) is 20.0. The van der Waals surface area contributed by atoms with Crippen molar-refractivity contribution in [3.05, 3.63) is 162 Å². The second kappa shape index (κ2) is 22.3. The summed E-state index contributed by atoms with van der Waals surface area (Å²) in [6.45, 7) is 29.6. The van der Waals surface area contributed by atoms with Gasteiger partial charge < -0.3 is 22.7 Å². The van der Waals surface area contributed by atoms with Crippen LogP contribution in [0.5, 0.6) is 0 Å². The molecule has 4 aromatic carbocycles. The van der Waals surface area contributed by atoms with Crippen molar-refractivity contribution in [3.8, 4) is 0 Å². The lowest BCUT2D eigenvalue weighted by Gasteiger charge is -2.45. The maximum Gasteiger partial charge on any atom is 0.341 e. The number of benzene rings is 4. The van der Waals surface area contributed by atoms with Crippen LogP contribution in [0.1, 0.15) is 96.5 Å². The molecule has 352 valence electrons. The van der Waals surface area contributed by atoms with Crippen molar-refractivity contribution < 1.29 is 32.3 Å². The third kappa shape index (κ3) is 12.2. The minimum absolute atomic E-state index is 0.0528. The number of furan rings is 1. The van der Waals surface area contributed by atoms with Gasteiger partial charge in [-0.25, -0.2) is 4.79 Å². The number of methoxy groups -OCH3 is 1. The minimum atomic E-state index is -3.08. The first kappa shape index (κ1) is 52.1. The van der Waals surface area contributed by atoms with E-state index in [1.165, 1.54) is 22.7 Å². The quantitative estimate of drug-likeness (QED) is 0.0412. The zero-order valence-electron chi connectivity index (χ0n) is 41.7. The molecule has 0 radical (unpaired) electrons. The summed E-state index contributed by atoms with van der Waals surface area (Å²) in [5.74, 6) is 0.120. The van der Waals surface area contributed by atoms with Gasteiger partial charge in [0.05, 0.1) is 34.3 Å². The third-order valence-corrected chi connectivity index (χ3v) is 25.2. The van der Waals surface area contributed by atoms with E-state index >= 15 is 0 Å². The van der Waals surface area contributed by atoms with Gasteiger partial charge >= 0.3 is 11.9 Å². The Morgan fingerprint density at radius 3 is 1.58 bits per heavy atom. The third-order valence-electron chi connectivity index (χ3n) is 12.8. The first-order chi connectivity index (χ1) is 31.2. The van der Waals surface area contributed by atoms with E-state index in [0.29, 0.717) is 43.0 Å². The van der Waals surface area contributed by atoms with Crippen LogP contribution in [0, 0.1) is 5.92 Å². The summed E-state index contributed by atoms with van der Waals surface area (Å²) < 4.78 is 32.6. The summed E-state index contributed by atoms with van der Waals surface area (Å²) in [5, 5.41) is 5.53. The van der Waals surface area contributed by atoms with Crippen LogP contribution in [0.25, 0.3) is 6.08 Å². The van der Waals surface area contributed by atoms with Crippen molar-refractivity contribution in [2.45, 2.75) is 117 Å². The van der Waals surface area contributed by atoms with Crippen molar-refractivity contribution in [3.63, 3.8) is 0 Å². The maximum atomic E-state index is 13.8. The second-order valence-corrected chi connectivity index (χ2v) is 34.3. The molecule has 0 N–H and O–H groups in total. The van der Waals surface area contributed by atoms with Gasteiger partial charge in [-0.05, 0) is 75.6 Å². The second-order valence-electron chi connectivity index (χ2n) is 20.6. The van der Waals surface area contributed by atoms with Gasteiger partial charge in [-0.2, -0.15) is 0 Å². The molecule has 0 saturated heterocycles. The van der Waals surface area contributed by atoms with E-state index in [1.807, 2.05) is 32.0 Å². The van der Waals surface area contributed by atoms with Gasteiger partial charge in [0.15, 0.2) is 0 Å². The fourth-order valence-electron chi connectivity index (χ4n) is 9.35. The van der Waals surface area contributed by atoms with Gasteiger partial charge in [0.25, 0.3) is 16.6 Å². The van der Waals surface area contributed by atoms with Crippen molar-refractivity contribution in [1.29, 1.82) is 0 Å². The molecule has 1 aromatic heterocycles. The lowest BCUT2D eigenvalue weighted by atomic mass is 9.89. The van der Waals surface area contributed by atoms with Crippen LogP contribution in [-0.2, 0) is 29.5 Å². The van der Waals surface area contributed by atoms with E-state index in [9.17, 15) is 9.59 Å². The van der Waals surface area contributed by atoms with Gasteiger partial charge in [0, 0.05) is 13.0 Å². The number of ether oxygens (including phenoxy) is 2. The van der Waals surface area contributed by atoms with E-state index in [1.54, 1.807) is 0 Å². The highest BCUT2D eigenvalue weighted by molar-refractivity contribution is 7.00. The van der Waals surface area contributed by atoms with E-state index in [0.717, 1.165) is 15.9 Å². The molecular weight excluding hydrogens is 869 g/mol. The maximum absolute atomic E-state index is 13.8. The number of carbonyl (C=O) groups is 2. The molecule has 10 heteroatoms. The molecule has 0 bridgehead atoms. The smallest absolute Gasteiger partial charge is 0.341 e. The Balaban J connectivity index is 1.53. The zero-order valence-corrected chi connectivity index (χ0v) is 44.7. The standard InChI is InChI=1S/C56H74O7Si3/c1-14-60-54(58)51-40-44(39-50(64(11,12)13)35-36-61-65(55(4,5)6,46-27-19-15-20-28-46)47-29-21-16-22-30-47)62-52(51)38-43(42(2)3)37-45(41-53(57)59-10)63-66(56(7,8)9,48-31-23-17-24-32-48)49-33-25-18-26-34-49/h15-34,39-40,43,45H,2,14,35-38,41H2,1,3-13H3/b50-39+/t43?,45-/m0/s1. The zero-order chi connectivity index (χ0) is 48.3. The predicted molar refractivity (Wildman–Crippen MR) is 280 cm³/mol. The van der Waals surface area contributed by atoms with E-state index in [2.05, 4.69) is 183 Å². The lowest BCUT2D eigenvalue weighted by Crippen LogP contribution is -2.67. The molecular formula is C56H74O7Si3. The van der Waals surface area contributed by atoms with Gasteiger partial charge in [0.1, 0.15) is 17.1 Å². The van der Waals surface area contributed by atoms with Gasteiger partial charge in [-0.3, -0.25) is 4.79 Å². The number of allylic oxidation sites excluding steroid dienone is 1. The molecule has 1 unspecified atom stereocenters. The SMILES string of the molecule is C=C(C)C(Cc1oc(/C=C(\CCO[Si](c2ccccc2)(c2ccccc2)C(C)(C)C)[Si](C)(C)C)cc1C(=O)OCC)C[C@@H](CC(=O)OC)O[Si](c1ccccc1)(c1ccccc1)C(C)(C)C. The Hall–Kier alpha value is -4.85. The number of carbonyl (C=O) groups excluding carboxylic acids is 2. The number of hydrogen-bond donors (Lipinski definition) is 0. The van der Waals surface area contributed by atoms with Gasteiger partial charge in [-0.15, -0.1) is 0 Å². The van der Waals surface area contributed by atoms with Crippen LogP contribution in [0.3, 0.4) is 0 Å². The molecule has 2 atom stereocenters. The first-order valence-corrected chi connectivity index (χ1v) is 30.8. The summed E-state index contributed by atoms with van der Waals surface area (Å²) in [7, 11) is -6.38. The van der Waals surface area contributed by atoms with Crippen LogP contribution in [0.4, 0.5) is 0 Å². The highest BCUT2D eigenvalue weighted by atomic mass is 28.4. The van der Waals surface area contributed by atoms with Crippen LogP contribution >= 0.6 is 0 Å². The molecule has 66 heavy (non-hydrogen) atoms. The summed E-state index contributed by atoms with van der Waals surface area (Å²) in [5.41, 5.74) is 1.28. The summed E-state index contributed by atoms with van der Waals surface area (Å²) >= 11 is 0. The average Bonchev–Trinajstić information content (AvgIpc) is 3.68. The topological polar surface area (TPSA) is 84.2 Å². The van der Waals surface area contributed by atoms with Crippen LogP contribution in [0.15, 0.2) is 149 Å². The molecule has 0 saturated carbocycles. The normalized spacial score (nSPS) is 13.8. The Labute approximate surface area is 398 Å². The molecule has 0 amide bonds. The molecule has 5 rings (SSSR count). The minimum Gasteiger partial charge on any atom is -0.469 e. The van der Waals surface area contributed by atoms with E-state index in [4.69, 9.17) is 22.7 Å². The monoisotopic (exact) mass is 942 g/mol. The largest absolute Gasteiger partial charge is 0.469 e. The van der Waals surface area contributed by atoms with Crippen molar-refractivity contribution in [2.75, 3.05) is 20.3 Å². The summed E-state index contributed by atoms with van der Waals surface area (Å²) in [6.07, 6.45) is 3.17. The summed E-state index contributed by atoms with van der Waals surface area (Å²) in [4.78, 5) is 27.0. The molecule has 0 aliphatic heterocycles. The van der Waals surface area contributed by atoms with Crippen molar-refractivity contribution in [2.24, 2.45) is 5.92 Å². The molecule has 1 heterocycles. The van der Waals surface area contributed by atoms with Crippen molar-refractivity contribution >= 4 is 63.5 Å². The van der Waals surface area contributed by atoms with Gasteiger partial charge in [0.2, 0.25) is 0 Å². The number of esters is 2. The number of rotatable bonds is 21. The average molecular weight is 943 g/mol. The molecule has 5 aromatic rings. The molecule has 0 spiro atoms. The van der Waals surface area contributed by atoms with Crippen LogP contribution in [0.2, 0.25) is 29.7 Å². The molecule has 0 fully saturated rings. The molecule has 0 aliphatic carbocycles. The van der Waals surface area contributed by atoms with Crippen molar-refractivity contribution in [1.82, 2.24) is 0 Å². The fraction of sp³-hybridized carbons (Fsp3) is 0.393. The lowest BCUT2D eigenvalue weighted by molar-refractivity contribution is -0.142. The van der Waals surface area contributed by atoms with Crippen LogP contribution < -0.4 is 20.7 Å². The number of hydrogen-bond acceptors (Lipinski definition) is 7. The summed E-state index contributed by atoms with van der Waals surface area (Å²) in [6, 6.07) is 44.1.